The van der Waals surface area contributed by atoms with E-state index in [-0.39, 0.29) is 17.3 Å². The van der Waals surface area contributed by atoms with E-state index >= 15 is 0 Å². The molecule has 0 spiro atoms. The summed E-state index contributed by atoms with van der Waals surface area (Å²) in [6, 6.07) is 4.43. The average Bonchev–Trinajstić information content (AvgIpc) is 2.71. The first-order valence-electron chi connectivity index (χ1n) is 5.84. The van der Waals surface area contributed by atoms with Gasteiger partial charge in [-0.2, -0.15) is 0 Å². The Hall–Kier alpha value is -0.390. The van der Waals surface area contributed by atoms with Gasteiger partial charge in [0.05, 0.1) is 11.5 Å². The van der Waals surface area contributed by atoms with Crippen LogP contribution in [0.25, 0.3) is 0 Å². The molecule has 1 aliphatic rings. The topological polar surface area (TPSA) is 46.2 Å². The molecule has 96 valence electrons. The van der Waals surface area contributed by atoms with Crippen molar-refractivity contribution in [3.05, 3.63) is 21.9 Å². The van der Waals surface area contributed by atoms with E-state index in [1.807, 2.05) is 6.92 Å². The summed E-state index contributed by atoms with van der Waals surface area (Å²) in [6.45, 7) is 6.19. The van der Waals surface area contributed by atoms with Gasteiger partial charge in [0.15, 0.2) is 9.84 Å². The Morgan fingerprint density at radius 2 is 2.18 bits per heavy atom. The summed E-state index contributed by atoms with van der Waals surface area (Å²) in [5, 5.41) is 3.47. The van der Waals surface area contributed by atoms with Crippen molar-refractivity contribution < 1.29 is 8.42 Å². The summed E-state index contributed by atoms with van der Waals surface area (Å²) < 4.78 is 23.1. The predicted molar refractivity (Wildman–Crippen MR) is 72.3 cm³/mol. The third kappa shape index (κ3) is 3.09. The highest BCUT2D eigenvalue weighted by molar-refractivity contribution is 7.91. The van der Waals surface area contributed by atoms with Gasteiger partial charge in [-0.25, -0.2) is 8.42 Å². The molecule has 0 bridgehead atoms. The van der Waals surface area contributed by atoms with Crippen LogP contribution in [-0.2, 0) is 9.84 Å². The summed E-state index contributed by atoms with van der Waals surface area (Å²) in [7, 11) is -2.84. The fourth-order valence-corrected chi connectivity index (χ4v) is 5.39. The Morgan fingerprint density at radius 1 is 1.47 bits per heavy atom. The molecule has 3 nitrogen and oxygen atoms in total. The van der Waals surface area contributed by atoms with Gasteiger partial charge in [0.1, 0.15) is 0 Å². The molecular formula is C12H19NO2S2. The third-order valence-electron chi connectivity index (χ3n) is 3.26. The highest BCUT2D eigenvalue weighted by Crippen LogP contribution is 2.29. The van der Waals surface area contributed by atoms with E-state index in [1.54, 1.807) is 11.3 Å². The predicted octanol–water partition coefficient (Wildman–Crippen LogP) is 2.28. The van der Waals surface area contributed by atoms with Crippen molar-refractivity contribution in [3.8, 4) is 0 Å². The van der Waals surface area contributed by atoms with Crippen LogP contribution >= 0.6 is 11.3 Å². The number of sulfone groups is 1. The molecule has 0 saturated carbocycles. The molecule has 1 aromatic heterocycles. The van der Waals surface area contributed by atoms with Gasteiger partial charge in [0.2, 0.25) is 0 Å². The zero-order chi connectivity index (χ0) is 12.7. The Labute approximate surface area is 107 Å². The molecule has 1 aromatic rings. The van der Waals surface area contributed by atoms with Crippen LogP contribution in [0.3, 0.4) is 0 Å². The van der Waals surface area contributed by atoms with Crippen LogP contribution < -0.4 is 5.32 Å². The van der Waals surface area contributed by atoms with Crippen molar-refractivity contribution in [2.45, 2.75) is 38.8 Å². The molecule has 1 aliphatic heterocycles. The Balaban J connectivity index is 2.07. The lowest BCUT2D eigenvalue weighted by Crippen LogP contribution is -2.44. The van der Waals surface area contributed by atoms with Crippen molar-refractivity contribution in [2.75, 3.05) is 11.5 Å². The molecule has 5 heteroatoms. The first-order chi connectivity index (χ1) is 7.80. The van der Waals surface area contributed by atoms with Crippen molar-refractivity contribution >= 4 is 21.2 Å². The Morgan fingerprint density at radius 3 is 2.65 bits per heavy atom. The molecule has 1 fully saturated rings. The molecule has 2 unspecified atom stereocenters. The standard InChI is InChI=1S/C12H19NO2S2/c1-9-4-5-11(16-9)10(2)13-12(3)6-7-17(14,15)8-12/h4-5,10,13H,6-8H2,1-3H3. The molecule has 17 heavy (non-hydrogen) atoms. The molecular weight excluding hydrogens is 254 g/mol. The average molecular weight is 273 g/mol. The molecule has 1 N–H and O–H groups in total. The van der Waals surface area contributed by atoms with E-state index in [1.165, 1.54) is 9.75 Å². The summed E-state index contributed by atoms with van der Waals surface area (Å²) in [5.41, 5.74) is -0.268. The maximum absolute atomic E-state index is 11.5. The van der Waals surface area contributed by atoms with Crippen molar-refractivity contribution in [1.29, 1.82) is 0 Å². The highest BCUT2D eigenvalue weighted by atomic mass is 32.2. The van der Waals surface area contributed by atoms with Crippen LogP contribution in [-0.4, -0.2) is 25.5 Å². The van der Waals surface area contributed by atoms with Crippen molar-refractivity contribution in [1.82, 2.24) is 5.32 Å². The van der Waals surface area contributed by atoms with Crippen LogP contribution in [0.15, 0.2) is 12.1 Å². The second-order valence-electron chi connectivity index (χ2n) is 5.22. The fourth-order valence-electron chi connectivity index (χ4n) is 2.40. The molecule has 0 radical (unpaired) electrons. The highest BCUT2D eigenvalue weighted by Gasteiger charge is 2.39. The zero-order valence-electron chi connectivity index (χ0n) is 10.5. The van der Waals surface area contributed by atoms with E-state index in [9.17, 15) is 8.42 Å². The SMILES string of the molecule is Cc1ccc(C(C)NC2(C)CCS(=O)(=O)C2)s1. The quantitative estimate of drug-likeness (QED) is 0.919. The van der Waals surface area contributed by atoms with E-state index in [2.05, 4.69) is 31.3 Å². The van der Waals surface area contributed by atoms with Crippen LogP contribution in [0.4, 0.5) is 0 Å². The molecule has 2 heterocycles. The fraction of sp³-hybridized carbons (Fsp3) is 0.667. The van der Waals surface area contributed by atoms with Gasteiger partial charge >= 0.3 is 0 Å². The first-order valence-corrected chi connectivity index (χ1v) is 8.48. The van der Waals surface area contributed by atoms with Crippen molar-refractivity contribution in [3.63, 3.8) is 0 Å². The molecule has 0 aliphatic carbocycles. The van der Waals surface area contributed by atoms with E-state index in [0.29, 0.717) is 12.2 Å². The lowest BCUT2D eigenvalue weighted by Gasteiger charge is -2.28. The van der Waals surface area contributed by atoms with Crippen LogP contribution in [0, 0.1) is 6.92 Å². The van der Waals surface area contributed by atoms with Crippen molar-refractivity contribution in [2.24, 2.45) is 0 Å². The summed E-state index contributed by atoms with van der Waals surface area (Å²) in [4.78, 5) is 2.56. The van der Waals surface area contributed by atoms with Gasteiger partial charge in [-0.1, -0.05) is 0 Å². The maximum atomic E-state index is 11.5. The number of aryl methyl sites for hydroxylation is 1. The number of nitrogens with one attached hydrogen (secondary N) is 1. The van der Waals surface area contributed by atoms with Gasteiger partial charge in [-0.3, -0.25) is 0 Å². The largest absolute Gasteiger partial charge is 0.303 e. The van der Waals surface area contributed by atoms with E-state index < -0.39 is 9.84 Å². The lowest BCUT2D eigenvalue weighted by atomic mass is 10.0. The van der Waals surface area contributed by atoms with E-state index in [4.69, 9.17) is 0 Å². The van der Waals surface area contributed by atoms with E-state index in [0.717, 1.165) is 0 Å². The minimum atomic E-state index is -2.84. The molecule has 2 atom stereocenters. The smallest absolute Gasteiger partial charge is 0.152 e. The minimum Gasteiger partial charge on any atom is -0.303 e. The zero-order valence-corrected chi connectivity index (χ0v) is 12.1. The molecule has 0 amide bonds. The molecule has 1 saturated heterocycles. The Bertz CT molecular complexity index is 506. The molecule has 0 aromatic carbocycles. The van der Waals surface area contributed by atoms with Crippen LogP contribution in [0.5, 0.6) is 0 Å². The summed E-state index contributed by atoms with van der Waals surface area (Å²) in [5.74, 6) is 0.571. The lowest BCUT2D eigenvalue weighted by molar-refractivity contribution is 0.358. The van der Waals surface area contributed by atoms with Gasteiger partial charge in [0, 0.05) is 21.3 Å². The minimum absolute atomic E-state index is 0.215. The third-order valence-corrected chi connectivity index (χ3v) is 6.34. The number of rotatable bonds is 3. The number of hydrogen-bond donors (Lipinski definition) is 1. The molecule has 2 rings (SSSR count). The van der Waals surface area contributed by atoms with Gasteiger partial charge in [0.25, 0.3) is 0 Å². The second kappa shape index (κ2) is 4.37. The summed E-state index contributed by atoms with van der Waals surface area (Å²) in [6.07, 6.45) is 0.712. The van der Waals surface area contributed by atoms with Crippen LogP contribution in [0.1, 0.15) is 36.1 Å². The number of thiophene rings is 1. The normalized spacial score (nSPS) is 29.4. The second-order valence-corrected chi connectivity index (χ2v) is 8.72. The first kappa shape index (κ1) is 13.1. The van der Waals surface area contributed by atoms with Crippen LogP contribution in [0.2, 0.25) is 0 Å². The van der Waals surface area contributed by atoms with Gasteiger partial charge in [-0.15, -0.1) is 11.3 Å². The monoisotopic (exact) mass is 273 g/mol. The summed E-state index contributed by atoms with van der Waals surface area (Å²) >= 11 is 1.77. The maximum Gasteiger partial charge on any atom is 0.152 e. The Kier molecular flexibility index (Phi) is 3.36. The van der Waals surface area contributed by atoms with Gasteiger partial charge in [-0.05, 0) is 39.3 Å². The number of hydrogen-bond acceptors (Lipinski definition) is 4. The van der Waals surface area contributed by atoms with Gasteiger partial charge < -0.3 is 5.32 Å².